The average molecular weight is 363 g/mol. The quantitative estimate of drug-likeness (QED) is 0.879. The molecule has 1 atom stereocenters. The Bertz CT molecular complexity index is 714. The van der Waals surface area contributed by atoms with Crippen molar-refractivity contribution in [3.8, 4) is 11.3 Å². The Kier molecular flexibility index (Phi) is 5.51. The number of benzene rings is 1. The smallest absolute Gasteiger partial charge is 0.383 e. The van der Waals surface area contributed by atoms with E-state index in [1.54, 1.807) is 6.92 Å². The van der Waals surface area contributed by atoms with Gasteiger partial charge in [-0.15, -0.1) is 0 Å². The molecule has 1 aromatic heterocycles. The second-order valence-electron chi connectivity index (χ2n) is 5.08. The van der Waals surface area contributed by atoms with Gasteiger partial charge in [0.15, 0.2) is 11.5 Å². The summed E-state index contributed by atoms with van der Waals surface area (Å²) in [5.41, 5.74) is -0.660. The van der Waals surface area contributed by atoms with Crippen LogP contribution in [0.2, 0.25) is 5.02 Å². The lowest BCUT2D eigenvalue weighted by Gasteiger charge is -2.11. The first-order chi connectivity index (χ1) is 11.2. The molecule has 130 valence electrons. The van der Waals surface area contributed by atoms with E-state index in [4.69, 9.17) is 20.9 Å². The van der Waals surface area contributed by atoms with Gasteiger partial charge in [-0.1, -0.05) is 28.9 Å². The van der Waals surface area contributed by atoms with Crippen LogP contribution in [-0.4, -0.2) is 30.8 Å². The number of amides is 1. The number of halogens is 4. The molecule has 1 aromatic carbocycles. The highest BCUT2D eigenvalue weighted by Gasteiger charge is 2.30. The van der Waals surface area contributed by atoms with Gasteiger partial charge in [-0.05, 0) is 19.1 Å². The van der Waals surface area contributed by atoms with Crippen molar-refractivity contribution in [2.45, 2.75) is 19.1 Å². The molecule has 1 heterocycles. The van der Waals surface area contributed by atoms with E-state index in [1.165, 1.54) is 19.2 Å². The molecule has 0 spiro atoms. The van der Waals surface area contributed by atoms with Gasteiger partial charge in [-0.2, -0.15) is 13.2 Å². The van der Waals surface area contributed by atoms with Gasteiger partial charge < -0.3 is 14.6 Å². The van der Waals surface area contributed by atoms with Crippen molar-refractivity contribution in [2.24, 2.45) is 0 Å². The summed E-state index contributed by atoms with van der Waals surface area (Å²) in [6.45, 7) is 2.03. The summed E-state index contributed by atoms with van der Waals surface area (Å²) in [6.07, 6.45) is -4.44. The zero-order valence-electron chi connectivity index (χ0n) is 12.8. The molecule has 0 aliphatic heterocycles. The summed E-state index contributed by atoms with van der Waals surface area (Å²) in [5.74, 6) is -0.540. The number of nitrogens with one attached hydrogen (secondary N) is 1. The van der Waals surface area contributed by atoms with Gasteiger partial charge in [0, 0.05) is 18.7 Å². The molecule has 1 N–H and O–H groups in total. The number of hydrogen-bond donors (Lipinski definition) is 1. The Labute approximate surface area is 140 Å². The van der Waals surface area contributed by atoms with Gasteiger partial charge in [0.2, 0.25) is 0 Å². The Morgan fingerprint density at radius 1 is 1.38 bits per heavy atom. The van der Waals surface area contributed by atoms with E-state index in [1.807, 2.05) is 0 Å². The number of alkyl halides is 3. The average Bonchev–Trinajstić information content (AvgIpc) is 2.88. The fourth-order valence-corrected chi connectivity index (χ4v) is 2.26. The maximum absolute atomic E-state index is 12.6. The second-order valence-corrected chi connectivity index (χ2v) is 5.46. The third-order valence-corrected chi connectivity index (χ3v) is 3.47. The topological polar surface area (TPSA) is 64.4 Å². The molecular weight excluding hydrogens is 349 g/mol. The first-order valence-corrected chi connectivity index (χ1v) is 7.24. The first kappa shape index (κ1) is 18.3. The molecule has 0 saturated heterocycles. The lowest BCUT2D eigenvalue weighted by Crippen LogP contribution is -2.35. The summed E-state index contributed by atoms with van der Waals surface area (Å²) in [6, 6.07) is 3.92. The molecule has 2 rings (SSSR count). The van der Waals surface area contributed by atoms with Crippen LogP contribution in [0.5, 0.6) is 0 Å². The van der Waals surface area contributed by atoms with Crippen LogP contribution in [0, 0.1) is 0 Å². The summed E-state index contributed by atoms with van der Waals surface area (Å²) in [4.78, 5) is 12.1. The highest BCUT2D eigenvalue weighted by atomic mass is 35.5. The van der Waals surface area contributed by atoms with Gasteiger partial charge in [-0.25, -0.2) is 0 Å². The van der Waals surface area contributed by atoms with Crippen LogP contribution in [0.3, 0.4) is 0 Å². The van der Waals surface area contributed by atoms with Gasteiger partial charge in [0.25, 0.3) is 5.91 Å². The standard InChI is InChI=1S/C15H14ClF3N2O3/c1-8(7-23-2)20-14(22)12-11(16)13(24-21-12)9-3-5-10(6-4-9)15(17,18)19/h3-6,8H,7H2,1-2H3,(H,20,22). The van der Waals surface area contributed by atoms with Crippen molar-refractivity contribution in [3.05, 3.63) is 40.5 Å². The van der Waals surface area contributed by atoms with Crippen molar-refractivity contribution < 1.29 is 27.2 Å². The van der Waals surface area contributed by atoms with E-state index in [0.717, 1.165) is 12.1 Å². The van der Waals surface area contributed by atoms with E-state index >= 15 is 0 Å². The summed E-state index contributed by atoms with van der Waals surface area (Å²) in [5, 5.41) is 6.13. The van der Waals surface area contributed by atoms with Crippen LogP contribution in [0.25, 0.3) is 11.3 Å². The number of carbonyl (C=O) groups is 1. The SMILES string of the molecule is COCC(C)NC(=O)c1noc(-c2ccc(C(F)(F)F)cc2)c1Cl. The summed E-state index contributed by atoms with van der Waals surface area (Å²) >= 11 is 6.07. The Balaban J connectivity index is 2.22. The monoisotopic (exact) mass is 362 g/mol. The molecule has 1 amide bonds. The minimum atomic E-state index is -4.44. The predicted molar refractivity (Wildman–Crippen MR) is 80.8 cm³/mol. The molecule has 0 aliphatic rings. The molecule has 0 fully saturated rings. The second kappa shape index (κ2) is 7.23. The third kappa shape index (κ3) is 4.07. The maximum Gasteiger partial charge on any atom is 0.416 e. The number of methoxy groups -OCH3 is 1. The molecule has 5 nitrogen and oxygen atoms in total. The molecule has 1 unspecified atom stereocenters. The van der Waals surface area contributed by atoms with Crippen LogP contribution in [0.15, 0.2) is 28.8 Å². The normalized spacial score (nSPS) is 12.9. The van der Waals surface area contributed by atoms with Gasteiger partial charge in [0.1, 0.15) is 5.02 Å². The minimum absolute atomic E-state index is 0.0231. The van der Waals surface area contributed by atoms with Crippen LogP contribution in [0.4, 0.5) is 13.2 Å². The summed E-state index contributed by atoms with van der Waals surface area (Å²) in [7, 11) is 1.49. The lowest BCUT2D eigenvalue weighted by atomic mass is 10.1. The maximum atomic E-state index is 12.6. The molecule has 0 radical (unpaired) electrons. The predicted octanol–water partition coefficient (Wildman–Crippen LogP) is 3.78. The van der Waals surface area contributed by atoms with Gasteiger partial charge in [-0.3, -0.25) is 4.79 Å². The van der Waals surface area contributed by atoms with Crippen molar-refractivity contribution in [3.63, 3.8) is 0 Å². The van der Waals surface area contributed by atoms with E-state index < -0.39 is 17.6 Å². The van der Waals surface area contributed by atoms with Crippen molar-refractivity contribution >= 4 is 17.5 Å². The molecule has 9 heteroatoms. The van der Waals surface area contributed by atoms with Gasteiger partial charge >= 0.3 is 6.18 Å². The number of carbonyl (C=O) groups excluding carboxylic acids is 1. The lowest BCUT2D eigenvalue weighted by molar-refractivity contribution is -0.137. The minimum Gasteiger partial charge on any atom is -0.383 e. The van der Waals surface area contributed by atoms with Crippen molar-refractivity contribution in [2.75, 3.05) is 13.7 Å². The molecule has 0 saturated carbocycles. The molecule has 0 aliphatic carbocycles. The van der Waals surface area contributed by atoms with E-state index in [2.05, 4.69) is 10.5 Å². The number of hydrogen-bond acceptors (Lipinski definition) is 4. The molecule has 0 bridgehead atoms. The van der Waals surface area contributed by atoms with E-state index in [-0.39, 0.29) is 28.1 Å². The largest absolute Gasteiger partial charge is 0.416 e. The first-order valence-electron chi connectivity index (χ1n) is 6.86. The fraction of sp³-hybridized carbons (Fsp3) is 0.333. The number of rotatable bonds is 5. The van der Waals surface area contributed by atoms with E-state index in [0.29, 0.717) is 6.61 Å². The third-order valence-electron chi connectivity index (χ3n) is 3.12. The number of ether oxygens (including phenoxy) is 1. The highest BCUT2D eigenvalue weighted by Crippen LogP contribution is 2.34. The molecule has 24 heavy (non-hydrogen) atoms. The zero-order valence-corrected chi connectivity index (χ0v) is 13.5. The van der Waals surface area contributed by atoms with Crippen LogP contribution >= 0.6 is 11.6 Å². The summed E-state index contributed by atoms with van der Waals surface area (Å²) < 4.78 is 47.6. The number of nitrogens with zero attached hydrogens (tertiary/aromatic N) is 1. The Morgan fingerprint density at radius 2 is 2.00 bits per heavy atom. The van der Waals surface area contributed by atoms with Gasteiger partial charge in [0.05, 0.1) is 12.2 Å². The zero-order chi connectivity index (χ0) is 17.9. The van der Waals surface area contributed by atoms with Crippen molar-refractivity contribution in [1.82, 2.24) is 10.5 Å². The molecule has 2 aromatic rings. The number of aromatic nitrogens is 1. The van der Waals surface area contributed by atoms with Crippen molar-refractivity contribution in [1.29, 1.82) is 0 Å². The Hall–Kier alpha value is -2.06. The van der Waals surface area contributed by atoms with Crippen LogP contribution in [-0.2, 0) is 10.9 Å². The Morgan fingerprint density at radius 3 is 2.54 bits per heavy atom. The molecular formula is C15H14ClF3N2O3. The fourth-order valence-electron chi connectivity index (χ4n) is 1.99. The highest BCUT2D eigenvalue weighted by molar-refractivity contribution is 6.35. The van der Waals surface area contributed by atoms with E-state index in [9.17, 15) is 18.0 Å². The van der Waals surface area contributed by atoms with Crippen LogP contribution in [0.1, 0.15) is 23.0 Å². The van der Waals surface area contributed by atoms with Crippen LogP contribution < -0.4 is 5.32 Å².